The number of fused-ring (bicyclic) bond motifs is 3. The van der Waals surface area contributed by atoms with Crippen molar-refractivity contribution in [2.75, 3.05) is 0 Å². The minimum absolute atomic E-state index is 0. The Balaban J connectivity index is 0.000000307. The Morgan fingerprint density at radius 3 is 2.17 bits per heavy atom. The van der Waals surface area contributed by atoms with Gasteiger partial charge in [-0.1, -0.05) is 85.2 Å². The maximum absolute atomic E-state index is 11.9. The molecule has 0 amide bonds. The van der Waals surface area contributed by atoms with Crippen molar-refractivity contribution in [3.8, 4) is 11.3 Å². The molecule has 0 bridgehead atoms. The number of rotatable bonds is 6. The summed E-state index contributed by atoms with van der Waals surface area (Å²) in [5, 5.41) is 13.2. The van der Waals surface area contributed by atoms with Gasteiger partial charge in [0.1, 0.15) is 11.6 Å². The van der Waals surface area contributed by atoms with Crippen molar-refractivity contribution in [2.45, 2.75) is 81.1 Å². The number of allylic oxidation sites excluding steroid dienone is 2. The van der Waals surface area contributed by atoms with Crippen LogP contribution in [0.1, 0.15) is 85.5 Å². The average molecular weight is 716 g/mol. The van der Waals surface area contributed by atoms with E-state index >= 15 is 0 Å². The topological polar surface area (TPSA) is 63.1 Å². The third kappa shape index (κ3) is 7.65. The van der Waals surface area contributed by atoms with Crippen LogP contribution in [0.15, 0.2) is 66.4 Å². The number of ketones is 1. The fourth-order valence-electron chi connectivity index (χ4n) is 4.16. The first kappa shape index (κ1) is 33.3. The summed E-state index contributed by atoms with van der Waals surface area (Å²) < 4.78 is 0. The average Bonchev–Trinajstić information content (AvgIpc) is 2.92. The second kappa shape index (κ2) is 13.7. The maximum atomic E-state index is 11.9. The van der Waals surface area contributed by atoms with Crippen LogP contribution in [-0.4, -0.2) is 20.9 Å². The molecule has 4 rings (SSSR count). The molecule has 40 heavy (non-hydrogen) atoms. The summed E-state index contributed by atoms with van der Waals surface area (Å²) in [6, 6.07) is 22.1. The molecule has 1 aromatic heterocycles. The van der Waals surface area contributed by atoms with Crippen LogP contribution in [-0.2, 0) is 24.9 Å². The Bertz CT molecular complexity index is 1480. The van der Waals surface area contributed by atoms with Crippen molar-refractivity contribution in [3.05, 3.63) is 83.9 Å². The number of aliphatic hydroxyl groups is 1. The number of benzene rings is 3. The largest absolute Gasteiger partial charge is 0.512 e. The predicted molar refractivity (Wildman–Crippen MR) is 164 cm³/mol. The van der Waals surface area contributed by atoms with E-state index in [0.29, 0.717) is 0 Å². The molecule has 1 N–H and O–H groups in total. The first-order valence-electron chi connectivity index (χ1n) is 13.9. The molecule has 1 heterocycles. The Hall–Kier alpha value is -2.88. The SMILES string of the molecule is CCC(C)(CC)C(=O)/C=C(\O)C(C)(C)C.Cc1ccc2ccc3c(-c4[c-]cccc4)nc(C(C)C)nc3c2c1.[Ir]. The summed E-state index contributed by atoms with van der Waals surface area (Å²) in [6.07, 6.45) is 3.00. The molecular formula is C35H43IrN2O2-. The van der Waals surface area contributed by atoms with E-state index in [9.17, 15) is 9.90 Å². The van der Waals surface area contributed by atoms with Gasteiger partial charge in [0.2, 0.25) is 0 Å². The van der Waals surface area contributed by atoms with Crippen LogP contribution in [0.3, 0.4) is 0 Å². The summed E-state index contributed by atoms with van der Waals surface area (Å²) >= 11 is 0. The van der Waals surface area contributed by atoms with Crippen molar-refractivity contribution in [1.82, 2.24) is 9.97 Å². The van der Waals surface area contributed by atoms with Gasteiger partial charge in [-0.2, -0.15) is 0 Å². The summed E-state index contributed by atoms with van der Waals surface area (Å²) in [6.45, 7) is 18.0. The summed E-state index contributed by atoms with van der Waals surface area (Å²) in [5.74, 6) is 1.35. The molecule has 1 radical (unpaired) electrons. The zero-order chi connectivity index (χ0) is 29.0. The third-order valence-corrected chi connectivity index (χ3v) is 7.53. The smallest absolute Gasteiger partial charge is 0.164 e. The molecule has 4 nitrogen and oxygen atoms in total. The number of carbonyl (C=O) groups excluding carboxylic acids is 1. The molecule has 0 atom stereocenters. The zero-order valence-corrected chi connectivity index (χ0v) is 27.7. The van der Waals surface area contributed by atoms with Crippen molar-refractivity contribution >= 4 is 27.5 Å². The molecule has 0 aliphatic carbocycles. The minimum atomic E-state index is -0.349. The maximum Gasteiger partial charge on any atom is 0.164 e. The van der Waals surface area contributed by atoms with Gasteiger partial charge < -0.3 is 5.11 Å². The van der Waals surface area contributed by atoms with E-state index in [0.717, 1.165) is 40.8 Å². The predicted octanol–water partition coefficient (Wildman–Crippen LogP) is 9.55. The van der Waals surface area contributed by atoms with Crippen LogP contribution < -0.4 is 0 Å². The first-order valence-corrected chi connectivity index (χ1v) is 13.9. The molecule has 3 aromatic carbocycles. The van der Waals surface area contributed by atoms with Crippen LogP contribution in [0.4, 0.5) is 0 Å². The van der Waals surface area contributed by atoms with Crippen molar-refractivity contribution < 1.29 is 30.0 Å². The van der Waals surface area contributed by atoms with E-state index in [4.69, 9.17) is 9.97 Å². The van der Waals surface area contributed by atoms with E-state index < -0.39 is 0 Å². The Kier molecular flexibility index (Phi) is 11.4. The van der Waals surface area contributed by atoms with E-state index in [1.165, 1.54) is 22.4 Å². The number of aliphatic hydroxyl groups excluding tert-OH is 1. The Morgan fingerprint density at radius 2 is 1.62 bits per heavy atom. The zero-order valence-electron chi connectivity index (χ0n) is 25.3. The van der Waals surface area contributed by atoms with Crippen molar-refractivity contribution in [1.29, 1.82) is 0 Å². The van der Waals surface area contributed by atoms with Crippen LogP contribution in [0.25, 0.3) is 32.9 Å². The molecule has 0 aliphatic heterocycles. The molecule has 0 unspecified atom stereocenters. The standard InChI is InChI=1S/C22H19N2.C13H24O2.Ir/c1-14(2)22-23-20(17-7-5-4-6-8-17)18-12-11-16-10-9-15(3)13-19(16)21(18)24-22;1-7-13(6,8-2)11(15)9-10(14)12(3,4)5;/h4-7,9-14H,1-3H3;9,14H,7-8H2,1-6H3;/q-1;;/b;10-9-;. The number of hydrogen-bond donors (Lipinski definition) is 1. The summed E-state index contributed by atoms with van der Waals surface area (Å²) in [4.78, 5) is 21.7. The quantitative estimate of drug-likeness (QED) is 0.0935. The second-order valence-corrected chi connectivity index (χ2v) is 12.0. The summed E-state index contributed by atoms with van der Waals surface area (Å²) in [7, 11) is 0. The molecule has 215 valence electrons. The number of nitrogens with zero attached hydrogens (tertiary/aromatic N) is 2. The first-order chi connectivity index (χ1) is 18.3. The third-order valence-electron chi connectivity index (χ3n) is 7.53. The van der Waals surface area contributed by atoms with Gasteiger partial charge in [-0.3, -0.25) is 9.78 Å². The van der Waals surface area contributed by atoms with Crippen LogP contribution in [0.2, 0.25) is 0 Å². The number of aromatic nitrogens is 2. The molecule has 0 saturated carbocycles. The molecule has 0 aliphatic rings. The monoisotopic (exact) mass is 716 g/mol. The fourth-order valence-corrected chi connectivity index (χ4v) is 4.16. The minimum Gasteiger partial charge on any atom is -0.512 e. The van der Waals surface area contributed by atoms with E-state index in [1.807, 2.05) is 59.7 Å². The van der Waals surface area contributed by atoms with Gasteiger partial charge >= 0.3 is 0 Å². The number of carbonyl (C=O) groups is 1. The Morgan fingerprint density at radius 1 is 0.975 bits per heavy atom. The van der Waals surface area contributed by atoms with E-state index in [2.05, 4.69) is 63.2 Å². The van der Waals surface area contributed by atoms with Gasteiger partial charge in [-0.05, 0) is 42.3 Å². The molecule has 0 saturated heterocycles. The van der Waals surface area contributed by atoms with Gasteiger partial charge in [0.15, 0.2) is 5.78 Å². The van der Waals surface area contributed by atoms with Crippen LogP contribution >= 0.6 is 0 Å². The van der Waals surface area contributed by atoms with Gasteiger partial charge in [0.05, 0.1) is 5.52 Å². The Labute approximate surface area is 253 Å². The van der Waals surface area contributed by atoms with Crippen molar-refractivity contribution in [2.24, 2.45) is 10.8 Å². The van der Waals surface area contributed by atoms with Crippen molar-refractivity contribution in [3.63, 3.8) is 0 Å². The van der Waals surface area contributed by atoms with Gasteiger partial charge in [-0.15, -0.1) is 35.9 Å². The normalized spacial score (nSPS) is 12.2. The van der Waals surface area contributed by atoms with Gasteiger partial charge in [0.25, 0.3) is 0 Å². The second-order valence-electron chi connectivity index (χ2n) is 12.0. The molecule has 0 fully saturated rings. The molecule has 5 heteroatoms. The fraction of sp³-hybridized carbons (Fsp3) is 0.400. The van der Waals surface area contributed by atoms with E-state index in [-0.39, 0.29) is 48.4 Å². The summed E-state index contributed by atoms with van der Waals surface area (Å²) in [5.41, 5.74) is 3.57. The number of aryl methyl sites for hydroxylation is 1. The van der Waals surface area contributed by atoms with Crippen LogP contribution in [0, 0.1) is 23.8 Å². The van der Waals surface area contributed by atoms with Gasteiger partial charge in [-0.25, -0.2) is 4.98 Å². The van der Waals surface area contributed by atoms with E-state index in [1.54, 1.807) is 0 Å². The molecule has 0 spiro atoms. The van der Waals surface area contributed by atoms with Gasteiger partial charge in [0, 0.05) is 48.3 Å². The molecule has 4 aromatic rings. The van der Waals surface area contributed by atoms with Crippen LogP contribution in [0.5, 0.6) is 0 Å². The molecular weight excluding hydrogens is 673 g/mol. The number of hydrogen-bond acceptors (Lipinski definition) is 4.